The monoisotopic (exact) mass is 130 g/mol. The van der Waals surface area contributed by atoms with E-state index >= 15 is 0 Å². The van der Waals surface area contributed by atoms with Gasteiger partial charge in [-0.05, 0) is 5.92 Å². The van der Waals surface area contributed by atoms with Crippen LogP contribution >= 0.6 is 0 Å². The Bertz CT molecular complexity index is 92.9. The topological polar surface area (TPSA) is 32.8 Å². The zero-order chi connectivity index (χ0) is 6.85. The molecule has 1 rings (SSSR count). The summed E-state index contributed by atoms with van der Waals surface area (Å²) in [7, 11) is 0. The average Bonchev–Trinajstić information content (AvgIpc) is 2.64. The molecular weight excluding hydrogens is 116 g/mol. The lowest BCUT2D eigenvalue weighted by Gasteiger charge is -2.00. The molecule has 1 fully saturated rings. The summed E-state index contributed by atoms with van der Waals surface area (Å²) in [6.45, 7) is 4.48. The maximum absolute atomic E-state index is 8.60. The van der Waals surface area contributed by atoms with Crippen LogP contribution < -0.4 is 0 Å². The molecule has 9 heavy (non-hydrogen) atoms. The third kappa shape index (κ3) is 1.43. The smallest absolute Gasteiger partial charge is 0.107 e. The van der Waals surface area contributed by atoms with Crippen molar-refractivity contribution in [2.75, 3.05) is 6.61 Å². The zero-order valence-electron chi connectivity index (χ0n) is 6.00. The van der Waals surface area contributed by atoms with Crippen molar-refractivity contribution in [3.8, 4) is 0 Å². The SMILES string of the molecule is CC[C@H](C)[C@H]1O[C@@H]1CO. The molecule has 0 amide bonds. The van der Waals surface area contributed by atoms with E-state index in [0.717, 1.165) is 6.42 Å². The molecule has 0 saturated carbocycles. The van der Waals surface area contributed by atoms with Crippen molar-refractivity contribution >= 4 is 0 Å². The van der Waals surface area contributed by atoms with Gasteiger partial charge in [0.05, 0.1) is 12.7 Å². The fraction of sp³-hybridized carbons (Fsp3) is 1.00. The summed E-state index contributed by atoms with van der Waals surface area (Å²) in [6.07, 6.45) is 1.64. The number of hydrogen-bond donors (Lipinski definition) is 1. The van der Waals surface area contributed by atoms with Gasteiger partial charge in [-0.1, -0.05) is 20.3 Å². The van der Waals surface area contributed by atoms with Gasteiger partial charge in [0.2, 0.25) is 0 Å². The van der Waals surface area contributed by atoms with Crippen LogP contribution in [-0.4, -0.2) is 23.9 Å². The lowest BCUT2D eigenvalue weighted by molar-refractivity contribution is 0.239. The van der Waals surface area contributed by atoms with E-state index in [2.05, 4.69) is 13.8 Å². The van der Waals surface area contributed by atoms with Gasteiger partial charge in [0, 0.05) is 0 Å². The highest BCUT2D eigenvalue weighted by Crippen LogP contribution is 2.30. The molecular formula is C7H14O2. The first-order chi connectivity index (χ1) is 4.29. The summed E-state index contributed by atoms with van der Waals surface area (Å²) in [5, 5.41) is 8.60. The van der Waals surface area contributed by atoms with E-state index in [0.29, 0.717) is 12.0 Å². The van der Waals surface area contributed by atoms with Gasteiger partial charge in [0.15, 0.2) is 0 Å². The minimum Gasteiger partial charge on any atom is -0.394 e. The molecule has 2 nitrogen and oxygen atoms in total. The lowest BCUT2D eigenvalue weighted by Crippen LogP contribution is -2.07. The number of aliphatic hydroxyl groups excluding tert-OH is 1. The molecule has 0 aromatic carbocycles. The Morgan fingerprint density at radius 3 is 2.67 bits per heavy atom. The van der Waals surface area contributed by atoms with Crippen molar-refractivity contribution in [2.45, 2.75) is 32.5 Å². The number of rotatable bonds is 3. The van der Waals surface area contributed by atoms with E-state index < -0.39 is 0 Å². The Balaban J connectivity index is 2.17. The first kappa shape index (κ1) is 7.03. The Morgan fingerprint density at radius 2 is 2.33 bits per heavy atom. The summed E-state index contributed by atoms with van der Waals surface area (Å²) >= 11 is 0. The maximum Gasteiger partial charge on any atom is 0.107 e. The molecule has 0 unspecified atom stereocenters. The second kappa shape index (κ2) is 2.67. The molecule has 54 valence electrons. The van der Waals surface area contributed by atoms with Crippen molar-refractivity contribution in [1.82, 2.24) is 0 Å². The standard InChI is InChI=1S/C7H14O2/c1-3-5(2)7-6(4-8)9-7/h5-8H,3-4H2,1-2H3/t5-,6+,7+/m0/s1. The molecule has 0 aromatic heterocycles. The third-order valence-corrected chi connectivity index (χ3v) is 2.01. The predicted molar refractivity (Wildman–Crippen MR) is 35.2 cm³/mol. The second-order valence-electron chi connectivity index (χ2n) is 2.71. The van der Waals surface area contributed by atoms with Gasteiger partial charge in [-0.25, -0.2) is 0 Å². The van der Waals surface area contributed by atoms with Crippen LogP contribution in [0.1, 0.15) is 20.3 Å². The van der Waals surface area contributed by atoms with E-state index in [9.17, 15) is 0 Å². The van der Waals surface area contributed by atoms with E-state index in [4.69, 9.17) is 9.84 Å². The second-order valence-corrected chi connectivity index (χ2v) is 2.71. The van der Waals surface area contributed by atoms with Crippen LogP contribution in [0.25, 0.3) is 0 Å². The average molecular weight is 130 g/mol. The number of hydrogen-bond acceptors (Lipinski definition) is 2. The van der Waals surface area contributed by atoms with Crippen molar-refractivity contribution in [1.29, 1.82) is 0 Å². The Labute approximate surface area is 55.8 Å². The summed E-state index contributed by atoms with van der Waals surface area (Å²) in [4.78, 5) is 0. The van der Waals surface area contributed by atoms with Crippen molar-refractivity contribution in [3.63, 3.8) is 0 Å². The highest BCUT2D eigenvalue weighted by Gasteiger charge is 2.41. The van der Waals surface area contributed by atoms with Gasteiger partial charge in [-0.2, -0.15) is 0 Å². The van der Waals surface area contributed by atoms with Crippen LogP contribution in [0.2, 0.25) is 0 Å². The number of aliphatic hydroxyl groups is 1. The Hall–Kier alpha value is -0.0800. The van der Waals surface area contributed by atoms with E-state index in [1.54, 1.807) is 0 Å². The van der Waals surface area contributed by atoms with Crippen LogP contribution in [0.5, 0.6) is 0 Å². The van der Waals surface area contributed by atoms with Gasteiger partial charge < -0.3 is 9.84 Å². The normalized spacial score (nSPS) is 36.3. The van der Waals surface area contributed by atoms with Crippen LogP contribution in [0.15, 0.2) is 0 Å². The van der Waals surface area contributed by atoms with E-state index in [1.165, 1.54) is 0 Å². The Morgan fingerprint density at radius 1 is 1.67 bits per heavy atom. The van der Waals surface area contributed by atoms with Gasteiger partial charge in [0.25, 0.3) is 0 Å². The number of ether oxygens (including phenoxy) is 1. The fourth-order valence-electron chi connectivity index (χ4n) is 1.04. The molecule has 1 N–H and O–H groups in total. The number of epoxide rings is 1. The summed E-state index contributed by atoms with van der Waals surface area (Å²) in [6, 6.07) is 0. The van der Waals surface area contributed by atoms with Crippen molar-refractivity contribution < 1.29 is 9.84 Å². The minimum absolute atomic E-state index is 0.153. The first-order valence-electron chi connectivity index (χ1n) is 3.56. The molecule has 3 atom stereocenters. The molecule has 0 aromatic rings. The Kier molecular flexibility index (Phi) is 2.09. The summed E-state index contributed by atoms with van der Waals surface area (Å²) in [5.41, 5.74) is 0. The molecule has 1 aliphatic rings. The van der Waals surface area contributed by atoms with Gasteiger partial charge in [-0.3, -0.25) is 0 Å². The molecule has 0 radical (unpaired) electrons. The first-order valence-corrected chi connectivity index (χ1v) is 3.56. The van der Waals surface area contributed by atoms with Gasteiger partial charge >= 0.3 is 0 Å². The third-order valence-electron chi connectivity index (χ3n) is 2.01. The van der Waals surface area contributed by atoms with Gasteiger partial charge in [-0.15, -0.1) is 0 Å². The quantitative estimate of drug-likeness (QED) is 0.573. The van der Waals surface area contributed by atoms with Crippen LogP contribution in [0.4, 0.5) is 0 Å². The van der Waals surface area contributed by atoms with Crippen LogP contribution in [0.3, 0.4) is 0 Å². The van der Waals surface area contributed by atoms with Crippen LogP contribution in [0, 0.1) is 5.92 Å². The largest absolute Gasteiger partial charge is 0.394 e. The molecule has 1 aliphatic heterocycles. The minimum atomic E-state index is 0.153. The maximum atomic E-state index is 8.60. The van der Waals surface area contributed by atoms with Crippen molar-refractivity contribution in [2.24, 2.45) is 5.92 Å². The molecule has 1 saturated heterocycles. The zero-order valence-corrected chi connectivity index (χ0v) is 6.00. The fourth-order valence-corrected chi connectivity index (χ4v) is 1.04. The highest BCUT2D eigenvalue weighted by atomic mass is 16.6. The van der Waals surface area contributed by atoms with Crippen molar-refractivity contribution in [3.05, 3.63) is 0 Å². The molecule has 0 aliphatic carbocycles. The highest BCUT2D eigenvalue weighted by molar-refractivity contribution is 4.87. The van der Waals surface area contributed by atoms with Gasteiger partial charge in [0.1, 0.15) is 6.10 Å². The summed E-state index contributed by atoms with van der Waals surface area (Å²) in [5.74, 6) is 0.613. The van der Waals surface area contributed by atoms with Crippen LogP contribution in [-0.2, 0) is 4.74 Å². The molecule has 2 heteroatoms. The van der Waals surface area contributed by atoms with E-state index in [1.807, 2.05) is 0 Å². The molecule has 0 spiro atoms. The van der Waals surface area contributed by atoms with E-state index in [-0.39, 0.29) is 12.7 Å². The molecule has 0 bridgehead atoms. The lowest BCUT2D eigenvalue weighted by atomic mass is 10.0. The predicted octanol–water partition coefficient (Wildman–Crippen LogP) is 0.792. The summed E-state index contributed by atoms with van der Waals surface area (Å²) < 4.78 is 5.17. The molecule has 1 heterocycles.